The summed E-state index contributed by atoms with van der Waals surface area (Å²) in [6.07, 6.45) is 17.4. The molecule has 2 atom stereocenters. The molecule has 0 saturated heterocycles. The Kier molecular flexibility index (Phi) is 10.3. The van der Waals surface area contributed by atoms with E-state index < -0.39 is 0 Å². The van der Waals surface area contributed by atoms with Gasteiger partial charge in [-0.2, -0.15) is 0 Å². The van der Waals surface area contributed by atoms with E-state index in [-0.39, 0.29) is 12.3 Å². The van der Waals surface area contributed by atoms with Gasteiger partial charge in [-0.1, -0.05) is 243 Å². The van der Waals surface area contributed by atoms with Crippen molar-refractivity contribution < 1.29 is 0 Å². The van der Waals surface area contributed by atoms with Crippen LogP contribution in [0.3, 0.4) is 0 Å². The monoisotopic (exact) mass is 970 g/mol. The molecule has 2 unspecified atom stereocenters. The summed E-state index contributed by atoms with van der Waals surface area (Å²) in [5, 5.41) is 17.6. The lowest BCUT2D eigenvalue weighted by Crippen LogP contribution is -2.32. The smallest absolute Gasteiger partial charge is 0.123 e. The van der Waals surface area contributed by atoms with Crippen molar-refractivity contribution in [3.63, 3.8) is 0 Å². The van der Waals surface area contributed by atoms with Crippen LogP contribution in [0, 0.1) is 0 Å². The van der Waals surface area contributed by atoms with E-state index in [2.05, 4.69) is 300 Å². The van der Waals surface area contributed by atoms with E-state index in [1.165, 1.54) is 110 Å². The van der Waals surface area contributed by atoms with E-state index in [1.807, 2.05) is 0 Å². The van der Waals surface area contributed by atoms with Gasteiger partial charge in [0.2, 0.25) is 0 Å². The SMILES string of the molecule is C1=CC2NC(c3ccc(-c4c5ccccc5c(-c5ccc(-c6c7ccccc7c(-c7ccc(C8=C(c9ccccc9)N9C=CC=CC9N8)cc7)c7ccccc67)cc5)c5ccccc45)cc3)=C(c3ccccc3)N2C=C1. The first kappa shape index (κ1) is 43.7. The molecule has 4 aliphatic heterocycles. The molecule has 2 N–H and O–H groups in total. The van der Waals surface area contributed by atoms with Crippen molar-refractivity contribution in [2.24, 2.45) is 0 Å². The number of allylic oxidation sites excluding steroid dienone is 4. The Morgan fingerprint density at radius 3 is 0.763 bits per heavy atom. The van der Waals surface area contributed by atoms with Gasteiger partial charge in [-0.3, -0.25) is 0 Å². The Morgan fingerprint density at radius 1 is 0.237 bits per heavy atom. The molecule has 11 aromatic carbocycles. The molecule has 0 aromatic heterocycles. The van der Waals surface area contributed by atoms with Gasteiger partial charge in [-0.25, -0.2) is 0 Å². The van der Waals surface area contributed by atoms with Crippen molar-refractivity contribution >= 4 is 65.9 Å². The summed E-state index contributed by atoms with van der Waals surface area (Å²) in [6, 6.07) is 85.0. The maximum Gasteiger partial charge on any atom is 0.123 e. The molecule has 4 heterocycles. The lowest BCUT2D eigenvalue weighted by atomic mass is 9.84. The number of hydrogen-bond acceptors (Lipinski definition) is 4. The number of fused-ring (bicyclic) bond motifs is 6. The lowest BCUT2D eigenvalue weighted by molar-refractivity contribution is 0.443. The largest absolute Gasteiger partial charge is 0.359 e. The van der Waals surface area contributed by atoms with Crippen LogP contribution in [0.1, 0.15) is 22.3 Å². The molecule has 0 aliphatic carbocycles. The standard InChI is InChI=1S/C72H50N4/c1-3-19-53(20-4-1)71-69(73-63-31-15-17-45-75(63)71)51-41-37-49(38-42-51)67-59-27-11-7-23-55(59)65(56-24-8-12-28-60(56)67)47-33-35-48(36-34-47)66-57-25-9-13-29-61(57)68(62-30-14-10-26-58(62)66)50-39-43-52(44-40-50)70-72(54-21-5-2-6-22-54)76-46-18-16-32-64(76)74-70/h1-46,63-64,73-74H. The number of rotatable bonds is 8. The quantitative estimate of drug-likeness (QED) is 0.149. The Balaban J connectivity index is 0.811. The molecule has 11 aromatic rings. The molecule has 0 fully saturated rings. The summed E-state index contributed by atoms with van der Waals surface area (Å²) < 4.78 is 0. The van der Waals surface area contributed by atoms with Crippen LogP contribution in [-0.4, -0.2) is 22.1 Å². The average Bonchev–Trinajstić information content (AvgIpc) is 4.09. The van der Waals surface area contributed by atoms with Crippen LogP contribution in [0.25, 0.3) is 110 Å². The summed E-state index contributed by atoms with van der Waals surface area (Å²) in [6.45, 7) is 0. The summed E-state index contributed by atoms with van der Waals surface area (Å²) >= 11 is 0. The molecule has 0 amide bonds. The Morgan fingerprint density at radius 2 is 0.487 bits per heavy atom. The average molecular weight is 971 g/mol. The van der Waals surface area contributed by atoms with Crippen LogP contribution in [0.4, 0.5) is 0 Å². The highest BCUT2D eigenvalue weighted by Crippen LogP contribution is 2.48. The second kappa shape index (κ2) is 17.9. The predicted octanol–water partition coefficient (Wildman–Crippen LogP) is 17.2. The normalized spacial score (nSPS) is 16.5. The topological polar surface area (TPSA) is 30.5 Å². The fraction of sp³-hybridized carbons (Fsp3) is 0.0278. The van der Waals surface area contributed by atoms with Gasteiger partial charge in [-0.15, -0.1) is 0 Å². The number of benzene rings is 11. The first-order chi connectivity index (χ1) is 37.7. The summed E-state index contributed by atoms with van der Waals surface area (Å²) in [4.78, 5) is 4.67. The molecule has 76 heavy (non-hydrogen) atoms. The minimum Gasteiger partial charge on any atom is -0.359 e. The van der Waals surface area contributed by atoms with Gasteiger partial charge in [0.15, 0.2) is 0 Å². The highest BCUT2D eigenvalue weighted by atomic mass is 15.3. The maximum atomic E-state index is 3.82. The molecular formula is C72H50N4. The maximum absolute atomic E-state index is 3.82. The van der Waals surface area contributed by atoms with Gasteiger partial charge in [0, 0.05) is 23.5 Å². The van der Waals surface area contributed by atoms with Crippen LogP contribution in [-0.2, 0) is 0 Å². The van der Waals surface area contributed by atoms with Crippen molar-refractivity contribution in [1.29, 1.82) is 0 Å². The fourth-order valence-corrected chi connectivity index (χ4v) is 12.5. The van der Waals surface area contributed by atoms with E-state index >= 15 is 0 Å². The van der Waals surface area contributed by atoms with Crippen LogP contribution in [0.5, 0.6) is 0 Å². The van der Waals surface area contributed by atoms with Crippen molar-refractivity contribution in [2.45, 2.75) is 12.3 Å². The minimum atomic E-state index is 0.0747. The second-order valence-corrected chi connectivity index (χ2v) is 20.0. The third-order valence-electron chi connectivity index (χ3n) is 15.8. The van der Waals surface area contributed by atoms with E-state index in [9.17, 15) is 0 Å². The molecule has 0 radical (unpaired) electrons. The second-order valence-electron chi connectivity index (χ2n) is 20.0. The van der Waals surface area contributed by atoms with Gasteiger partial charge in [-0.05, 0) is 123 Å². The summed E-state index contributed by atoms with van der Waals surface area (Å²) in [7, 11) is 0. The Bertz CT molecular complexity index is 3920. The third kappa shape index (κ3) is 7.06. The zero-order valence-electron chi connectivity index (χ0n) is 41.6. The van der Waals surface area contributed by atoms with Crippen molar-refractivity contribution in [2.75, 3.05) is 0 Å². The van der Waals surface area contributed by atoms with Gasteiger partial charge in [0.05, 0.1) is 22.8 Å². The van der Waals surface area contributed by atoms with Gasteiger partial charge in [0.1, 0.15) is 12.3 Å². The highest BCUT2D eigenvalue weighted by molar-refractivity contribution is 6.23. The molecule has 4 aliphatic rings. The molecule has 15 rings (SSSR count). The number of nitrogens with one attached hydrogen (secondary N) is 2. The zero-order chi connectivity index (χ0) is 50.1. The number of hydrogen-bond donors (Lipinski definition) is 2. The Hall–Kier alpha value is -9.90. The highest BCUT2D eigenvalue weighted by Gasteiger charge is 2.33. The third-order valence-corrected chi connectivity index (χ3v) is 15.8. The van der Waals surface area contributed by atoms with E-state index in [1.54, 1.807) is 0 Å². The summed E-state index contributed by atoms with van der Waals surface area (Å²) in [5.74, 6) is 0. The molecule has 0 saturated carbocycles. The van der Waals surface area contributed by atoms with Crippen molar-refractivity contribution in [3.8, 4) is 44.5 Å². The van der Waals surface area contributed by atoms with Crippen LogP contribution in [0.2, 0.25) is 0 Å². The van der Waals surface area contributed by atoms with E-state index in [0.717, 1.165) is 22.5 Å². The first-order valence-electron chi connectivity index (χ1n) is 26.3. The summed E-state index contributed by atoms with van der Waals surface area (Å²) in [5.41, 5.74) is 19.1. The van der Waals surface area contributed by atoms with Crippen LogP contribution < -0.4 is 10.6 Å². The molecule has 0 bridgehead atoms. The van der Waals surface area contributed by atoms with Gasteiger partial charge in [0.25, 0.3) is 0 Å². The van der Waals surface area contributed by atoms with Crippen molar-refractivity contribution in [3.05, 3.63) is 302 Å². The van der Waals surface area contributed by atoms with E-state index in [0.29, 0.717) is 0 Å². The van der Waals surface area contributed by atoms with Crippen molar-refractivity contribution in [1.82, 2.24) is 20.4 Å². The molecule has 0 spiro atoms. The number of nitrogens with zero attached hydrogens (tertiary/aromatic N) is 2. The van der Waals surface area contributed by atoms with E-state index in [4.69, 9.17) is 0 Å². The molecule has 4 heteroatoms. The van der Waals surface area contributed by atoms with Gasteiger partial charge < -0.3 is 20.4 Å². The van der Waals surface area contributed by atoms with Crippen LogP contribution >= 0.6 is 0 Å². The predicted molar refractivity (Wildman–Crippen MR) is 319 cm³/mol. The van der Waals surface area contributed by atoms with Crippen LogP contribution in [0.15, 0.2) is 279 Å². The lowest BCUT2D eigenvalue weighted by Gasteiger charge is -2.25. The molecular weight excluding hydrogens is 921 g/mol. The molecule has 358 valence electrons. The first-order valence-corrected chi connectivity index (χ1v) is 26.3. The fourth-order valence-electron chi connectivity index (χ4n) is 12.5. The molecule has 4 nitrogen and oxygen atoms in total. The zero-order valence-corrected chi connectivity index (χ0v) is 41.6. The van der Waals surface area contributed by atoms with Gasteiger partial charge >= 0.3 is 0 Å². The Labute approximate surface area is 442 Å². The minimum absolute atomic E-state index is 0.0747.